The first-order valence-electron chi connectivity index (χ1n) is 7.68. The van der Waals surface area contributed by atoms with Crippen LogP contribution in [0.4, 0.5) is 5.69 Å². The number of aromatic nitrogens is 1. The summed E-state index contributed by atoms with van der Waals surface area (Å²) in [4.78, 5) is 12.9. The number of nitrogens with one attached hydrogen (secondary N) is 1. The first-order chi connectivity index (χ1) is 12.0. The van der Waals surface area contributed by atoms with Crippen LogP contribution in [0.1, 0.15) is 21.7 Å². The van der Waals surface area contributed by atoms with Crippen LogP contribution in [0.2, 0.25) is 5.02 Å². The van der Waals surface area contributed by atoms with Gasteiger partial charge in [0.05, 0.1) is 12.8 Å². The number of methoxy groups -OCH3 is 1. The van der Waals surface area contributed by atoms with Crippen LogP contribution in [-0.2, 0) is 0 Å². The van der Waals surface area contributed by atoms with Crippen LogP contribution in [-0.4, -0.2) is 18.2 Å². The van der Waals surface area contributed by atoms with Crippen LogP contribution >= 0.6 is 11.6 Å². The number of carbonyl (C=O) groups excluding carboxylic acids is 1. The summed E-state index contributed by atoms with van der Waals surface area (Å²) in [6, 6.07) is 12.9. The molecular formula is C19H17ClN2O3. The number of amides is 1. The smallest absolute Gasteiger partial charge is 0.261 e. The third-order valence-electron chi connectivity index (χ3n) is 3.87. The Balaban J connectivity index is 1.98. The highest BCUT2D eigenvalue weighted by atomic mass is 35.5. The Morgan fingerprint density at radius 2 is 1.92 bits per heavy atom. The molecule has 25 heavy (non-hydrogen) atoms. The van der Waals surface area contributed by atoms with E-state index in [1.807, 2.05) is 37.3 Å². The maximum Gasteiger partial charge on any atom is 0.261 e. The van der Waals surface area contributed by atoms with Gasteiger partial charge in [0.2, 0.25) is 0 Å². The highest BCUT2D eigenvalue weighted by molar-refractivity contribution is 6.31. The van der Waals surface area contributed by atoms with Gasteiger partial charge >= 0.3 is 0 Å². The minimum Gasteiger partial charge on any atom is -0.495 e. The molecule has 0 saturated heterocycles. The van der Waals surface area contributed by atoms with Gasteiger partial charge in [-0.2, -0.15) is 0 Å². The van der Waals surface area contributed by atoms with Crippen molar-refractivity contribution < 1.29 is 14.1 Å². The summed E-state index contributed by atoms with van der Waals surface area (Å²) >= 11 is 6.11. The van der Waals surface area contributed by atoms with Crippen molar-refractivity contribution in [2.75, 3.05) is 12.4 Å². The van der Waals surface area contributed by atoms with Crippen LogP contribution in [0.25, 0.3) is 11.3 Å². The fourth-order valence-electron chi connectivity index (χ4n) is 2.55. The van der Waals surface area contributed by atoms with Crippen molar-refractivity contribution in [1.82, 2.24) is 5.16 Å². The lowest BCUT2D eigenvalue weighted by Gasteiger charge is -2.12. The molecule has 0 fully saturated rings. The van der Waals surface area contributed by atoms with E-state index in [1.54, 1.807) is 19.1 Å². The molecule has 1 aromatic heterocycles. The predicted molar refractivity (Wildman–Crippen MR) is 97.4 cm³/mol. The zero-order valence-corrected chi connectivity index (χ0v) is 14.8. The van der Waals surface area contributed by atoms with Crippen molar-refractivity contribution in [1.29, 1.82) is 0 Å². The molecule has 5 nitrogen and oxygen atoms in total. The van der Waals surface area contributed by atoms with Crippen molar-refractivity contribution in [2.45, 2.75) is 13.8 Å². The molecule has 0 spiro atoms. The zero-order valence-electron chi connectivity index (χ0n) is 14.1. The number of hydrogen-bond acceptors (Lipinski definition) is 4. The van der Waals surface area contributed by atoms with Crippen LogP contribution in [0.15, 0.2) is 47.0 Å². The predicted octanol–water partition coefficient (Wildman–Crippen LogP) is 4.87. The van der Waals surface area contributed by atoms with E-state index in [4.69, 9.17) is 20.9 Å². The molecule has 0 aliphatic heterocycles. The van der Waals surface area contributed by atoms with Crippen molar-refractivity contribution in [3.8, 4) is 17.0 Å². The van der Waals surface area contributed by atoms with E-state index >= 15 is 0 Å². The maximum atomic E-state index is 12.9. The lowest BCUT2D eigenvalue weighted by Crippen LogP contribution is -2.14. The fraction of sp³-hybridized carbons (Fsp3) is 0.158. The van der Waals surface area contributed by atoms with Crippen molar-refractivity contribution in [3.63, 3.8) is 0 Å². The van der Waals surface area contributed by atoms with Crippen LogP contribution in [0.5, 0.6) is 5.75 Å². The van der Waals surface area contributed by atoms with Crippen LogP contribution in [0.3, 0.4) is 0 Å². The summed E-state index contributed by atoms with van der Waals surface area (Å²) in [7, 11) is 1.52. The summed E-state index contributed by atoms with van der Waals surface area (Å²) in [5.74, 6) is 0.609. The number of anilines is 1. The number of aryl methyl sites for hydroxylation is 2. The van der Waals surface area contributed by atoms with Gasteiger partial charge in [-0.3, -0.25) is 4.79 Å². The molecule has 0 unspecified atom stereocenters. The Morgan fingerprint density at radius 1 is 1.20 bits per heavy atom. The molecule has 0 saturated carbocycles. The normalized spacial score (nSPS) is 10.6. The minimum absolute atomic E-state index is 0.322. The van der Waals surface area contributed by atoms with E-state index < -0.39 is 0 Å². The van der Waals surface area contributed by atoms with E-state index in [9.17, 15) is 4.79 Å². The number of rotatable bonds is 4. The second-order valence-corrected chi connectivity index (χ2v) is 5.99. The summed E-state index contributed by atoms with van der Waals surface area (Å²) in [5, 5.41) is 7.47. The van der Waals surface area contributed by atoms with Crippen LogP contribution < -0.4 is 10.1 Å². The highest BCUT2D eigenvalue weighted by Gasteiger charge is 2.22. The largest absolute Gasteiger partial charge is 0.495 e. The summed E-state index contributed by atoms with van der Waals surface area (Å²) in [6.45, 7) is 3.57. The molecule has 3 aromatic rings. The van der Waals surface area contributed by atoms with Gasteiger partial charge < -0.3 is 14.6 Å². The molecule has 1 N–H and O–H groups in total. The molecule has 6 heteroatoms. The van der Waals surface area contributed by atoms with Gasteiger partial charge in [0.1, 0.15) is 22.8 Å². The quantitative estimate of drug-likeness (QED) is 0.724. The number of hydrogen-bond donors (Lipinski definition) is 1. The SMILES string of the molecule is COc1cc(Cl)c(C)cc1NC(=O)c1c(-c2ccccc2)noc1C. The van der Waals surface area contributed by atoms with E-state index in [1.165, 1.54) is 7.11 Å². The molecule has 2 aromatic carbocycles. The average molecular weight is 357 g/mol. The van der Waals surface area contributed by atoms with E-state index in [0.717, 1.165) is 11.1 Å². The topological polar surface area (TPSA) is 64.4 Å². The Hall–Kier alpha value is -2.79. The Bertz CT molecular complexity index is 920. The van der Waals surface area contributed by atoms with Gasteiger partial charge in [-0.05, 0) is 25.5 Å². The summed E-state index contributed by atoms with van der Waals surface area (Å²) in [6.07, 6.45) is 0. The summed E-state index contributed by atoms with van der Waals surface area (Å²) < 4.78 is 10.6. The number of carbonyl (C=O) groups is 1. The molecule has 0 radical (unpaired) electrons. The van der Waals surface area contributed by atoms with Gasteiger partial charge in [0.25, 0.3) is 5.91 Å². The number of nitrogens with zero attached hydrogens (tertiary/aromatic N) is 1. The minimum atomic E-state index is -0.322. The third kappa shape index (κ3) is 3.37. The first-order valence-corrected chi connectivity index (χ1v) is 8.06. The molecule has 3 rings (SSSR count). The zero-order chi connectivity index (χ0) is 18.0. The standard InChI is InChI=1S/C19H17ClN2O3/c1-11-9-15(16(24-3)10-14(11)20)21-19(23)17-12(2)25-22-18(17)13-7-5-4-6-8-13/h4-10H,1-3H3,(H,21,23). The van der Waals surface area contributed by atoms with Gasteiger partial charge in [0, 0.05) is 16.7 Å². The number of halogens is 1. The Morgan fingerprint density at radius 3 is 2.60 bits per heavy atom. The molecular weight excluding hydrogens is 340 g/mol. The van der Waals surface area contributed by atoms with Gasteiger partial charge in [-0.15, -0.1) is 0 Å². The molecule has 0 atom stereocenters. The van der Waals surface area contributed by atoms with Crippen molar-refractivity contribution >= 4 is 23.2 Å². The molecule has 0 aliphatic rings. The lowest BCUT2D eigenvalue weighted by molar-refractivity contribution is 0.102. The van der Waals surface area contributed by atoms with Gasteiger partial charge in [0.15, 0.2) is 0 Å². The number of ether oxygens (including phenoxy) is 1. The van der Waals surface area contributed by atoms with Crippen LogP contribution in [0, 0.1) is 13.8 Å². The second-order valence-electron chi connectivity index (χ2n) is 5.58. The third-order valence-corrected chi connectivity index (χ3v) is 4.27. The molecule has 128 valence electrons. The first kappa shape index (κ1) is 17.0. The maximum absolute atomic E-state index is 12.9. The highest BCUT2D eigenvalue weighted by Crippen LogP contribution is 2.32. The Labute approximate surface area is 150 Å². The van der Waals surface area contributed by atoms with E-state index in [0.29, 0.717) is 33.5 Å². The molecule has 1 heterocycles. The fourth-order valence-corrected chi connectivity index (χ4v) is 2.70. The number of benzene rings is 2. The Kier molecular flexibility index (Phi) is 4.76. The summed E-state index contributed by atoms with van der Waals surface area (Å²) in [5.41, 5.74) is 3.07. The second kappa shape index (κ2) is 6.99. The van der Waals surface area contributed by atoms with Crippen molar-refractivity contribution in [2.24, 2.45) is 0 Å². The average Bonchev–Trinajstić information content (AvgIpc) is 3.00. The van der Waals surface area contributed by atoms with E-state index in [-0.39, 0.29) is 5.91 Å². The molecule has 1 amide bonds. The molecule has 0 aliphatic carbocycles. The van der Waals surface area contributed by atoms with Gasteiger partial charge in [-0.1, -0.05) is 47.1 Å². The van der Waals surface area contributed by atoms with Crippen molar-refractivity contribution in [3.05, 3.63) is 64.4 Å². The van der Waals surface area contributed by atoms with Gasteiger partial charge in [-0.25, -0.2) is 0 Å². The lowest BCUT2D eigenvalue weighted by atomic mass is 10.1. The van der Waals surface area contributed by atoms with E-state index in [2.05, 4.69) is 10.5 Å². The monoisotopic (exact) mass is 356 g/mol. The molecule has 0 bridgehead atoms.